The van der Waals surface area contributed by atoms with Gasteiger partial charge in [0.25, 0.3) is 5.56 Å². The summed E-state index contributed by atoms with van der Waals surface area (Å²) in [7, 11) is 3.37. The van der Waals surface area contributed by atoms with Crippen molar-refractivity contribution in [3.8, 4) is 5.75 Å². The van der Waals surface area contributed by atoms with Crippen LogP contribution in [-0.4, -0.2) is 65.3 Å². The number of aromatic nitrogens is 4. The minimum Gasteiger partial charge on any atom is -0.497 e. The number of fused-ring (bicyclic) bond motifs is 2. The summed E-state index contributed by atoms with van der Waals surface area (Å²) in [6.45, 7) is 6.66. The number of anilines is 1. The second-order valence-electron chi connectivity index (χ2n) is 9.07. The van der Waals surface area contributed by atoms with Crippen molar-refractivity contribution in [2.45, 2.75) is 45.2 Å². The fourth-order valence-corrected chi connectivity index (χ4v) is 4.63. The van der Waals surface area contributed by atoms with Gasteiger partial charge in [-0.05, 0) is 36.9 Å². The Labute approximate surface area is 223 Å². The van der Waals surface area contributed by atoms with Gasteiger partial charge in [0.15, 0.2) is 0 Å². The number of halogens is 2. The molecule has 2 aliphatic rings. The molecule has 1 fully saturated rings. The number of ether oxygens (including phenoxy) is 2. The fraction of sp³-hybridized carbons (Fsp3) is 0.520. The smallest absolute Gasteiger partial charge is 0.260 e. The van der Waals surface area contributed by atoms with E-state index in [1.807, 2.05) is 18.3 Å². The summed E-state index contributed by atoms with van der Waals surface area (Å²) in [5, 5.41) is 0.686. The van der Waals surface area contributed by atoms with Crippen molar-refractivity contribution < 1.29 is 9.47 Å². The van der Waals surface area contributed by atoms with E-state index in [1.165, 1.54) is 0 Å². The Morgan fingerprint density at radius 3 is 2.69 bits per heavy atom. The first-order valence-corrected chi connectivity index (χ1v) is 12.0. The van der Waals surface area contributed by atoms with Crippen LogP contribution in [0.4, 0.5) is 5.95 Å². The van der Waals surface area contributed by atoms with E-state index in [0.717, 1.165) is 67.3 Å². The third-order valence-electron chi connectivity index (χ3n) is 6.76. The predicted octanol–water partition coefficient (Wildman–Crippen LogP) is 3.47. The lowest BCUT2D eigenvalue weighted by Gasteiger charge is -2.29. The molecule has 1 saturated carbocycles. The van der Waals surface area contributed by atoms with Gasteiger partial charge in [0, 0.05) is 51.0 Å². The van der Waals surface area contributed by atoms with Gasteiger partial charge in [0.2, 0.25) is 5.95 Å². The molecular formula is C25H34Cl2N6O3. The maximum Gasteiger partial charge on any atom is 0.260 e. The summed E-state index contributed by atoms with van der Waals surface area (Å²) >= 11 is 0. The normalized spacial score (nSPS) is 14.8. The van der Waals surface area contributed by atoms with Gasteiger partial charge in [-0.15, -0.1) is 24.8 Å². The topological polar surface area (TPSA) is 96.5 Å². The number of benzene rings is 1. The average Bonchev–Trinajstić information content (AvgIpc) is 3.70. The minimum absolute atomic E-state index is 0. The van der Waals surface area contributed by atoms with Crippen molar-refractivity contribution in [2.75, 3.05) is 45.4 Å². The van der Waals surface area contributed by atoms with E-state index in [1.54, 1.807) is 14.2 Å². The van der Waals surface area contributed by atoms with Crippen LogP contribution < -0.4 is 15.2 Å². The molecule has 0 saturated heterocycles. The molecule has 0 atom stereocenters. The zero-order valence-corrected chi connectivity index (χ0v) is 22.6. The van der Waals surface area contributed by atoms with Crippen LogP contribution >= 0.6 is 24.8 Å². The lowest BCUT2D eigenvalue weighted by atomic mass is 10.0. The Hall–Kier alpha value is -2.46. The molecule has 0 radical (unpaired) electrons. The zero-order valence-electron chi connectivity index (χ0n) is 21.0. The first-order chi connectivity index (χ1) is 16.6. The summed E-state index contributed by atoms with van der Waals surface area (Å²) in [5.74, 6) is 2.59. The van der Waals surface area contributed by atoms with Crippen molar-refractivity contribution in [1.29, 1.82) is 0 Å². The monoisotopic (exact) mass is 536 g/mol. The molecule has 0 spiro atoms. The summed E-state index contributed by atoms with van der Waals surface area (Å²) < 4.78 is 10.7. The molecule has 0 bridgehead atoms. The SMILES string of the molecule is CCN(CCOC)Cc1ncc2c(n1)CCN(c1nc3cc(OC)cc(C4CC4)c3c(=O)[nH]1)C2.Cl.Cl. The van der Waals surface area contributed by atoms with Crippen molar-refractivity contribution in [3.05, 3.63) is 51.3 Å². The number of hydrogen-bond acceptors (Lipinski definition) is 8. The largest absolute Gasteiger partial charge is 0.497 e. The van der Waals surface area contributed by atoms with Crippen molar-refractivity contribution in [1.82, 2.24) is 24.8 Å². The first kappa shape index (κ1) is 28.1. The van der Waals surface area contributed by atoms with E-state index in [-0.39, 0.29) is 30.4 Å². The number of aromatic amines is 1. The predicted molar refractivity (Wildman–Crippen MR) is 145 cm³/mol. The quantitative estimate of drug-likeness (QED) is 0.444. The molecule has 0 unspecified atom stereocenters. The molecule has 3 heterocycles. The Morgan fingerprint density at radius 1 is 1.19 bits per heavy atom. The van der Waals surface area contributed by atoms with Gasteiger partial charge in [0.05, 0.1) is 36.9 Å². The summed E-state index contributed by atoms with van der Waals surface area (Å²) in [6.07, 6.45) is 4.91. The second kappa shape index (κ2) is 12.2. The lowest BCUT2D eigenvalue weighted by molar-refractivity contribution is 0.146. The van der Waals surface area contributed by atoms with Crippen molar-refractivity contribution in [2.24, 2.45) is 0 Å². The molecule has 1 N–H and O–H groups in total. The highest BCUT2D eigenvalue weighted by atomic mass is 35.5. The zero-order chi connectivity index (χ0) is 23.7. The number of hydrogen-bond donors (Lipinski definition) is 1. The maximum absolute atomic E-state index is 13.1. The molecule has 36 heavy (non-hydrogen) atoms. The third kappa shape index (κ3) is 5.91. The number of nitrogens with zero attached hydrogens (tertiary/aromatic N) is 5. The number of nitrogens with one attached hydrogen (secondary N) is 1. The Bertz CT molecular complexity index is 1250. The highest BCUT2D eigenvalue weighted by Crippen LogP contribution is 2.43. The van der Waals surface area contributed by atoms with Crippen LogP contribution in [0.3, 0.4) is 0 Å². The van der Waals surface area contributed by atoms with E-state index in [2.05, 4.69) is 26.7 Å². The maximum atomic E-state index is 13.1. The Balaban J connectivity index is 0.00000180. The molecule has 3 aromatic rings. The Kier molecular flexibility index (Phi) is 9.52. The number of methoxy groups -OCH3 is 2. The summed E-state index contributed by atoms with van der Waals surface area (Å²) in [6, 6.07) is 3.84. The molecule has 196 valence electrons. The molecule has 2 aromatic heterocycles. The van der Waals surface area contributed by atoms with E-state index in [9.17, 15) is 4.79 Å². The van der Waals surface area contributed by atoms with Gasteiger partial charge in [-0.25, -0.2) is 15.0 Å². The standard InChI is InChI=1S/C25H32N6O3.2ClH/c1-4-30(9-10-33-2)15-22-26-13-17-14-31(8-7-20(17)27-22)25-28-21-12-18(34-3)11-19(16-5-6-16)23(21)24(32)29-25;;/h11-13,16H,4-10,14-15H2,1-3H3,(H,28,29,32);2*1H. The fourth-order valence-electron chi connectivity index (χ4n) is 4.63. The van der Waals surface area contributed by atoms with E-state index in [4.69, 9.17) is 19.4 Å². The lowest BCUT2D eigenvalue weighted by Crippen LogP contribution is -2.34. The van der Waals surface area contributed by atoms with Gasteiger partial charge in [0.1, 0.15) is 11.6 Å². The molecule has 9 nitrogen and oxygen atoms in total. The van der Waals surface area contributed by atoms with Crippen LogP contribution in [0.15, 0.2) is 23.1 Å². The minimum atomic E-state index is -0.0855. The summed E-state index contributed by atoms with van der Waals surface area (Å²) in [5.41, 5.74) is 3.80. The third-order valence-corrected chi connectivity index (χ3v) is 6.76. The Morgan fingerprint density at radius 2 is 2.00 bits per heavy atom. The molecule has 5 rings (SSSR count). The van der Waals surface area contributed by atoms with Crippen LogP contribution in [-0.2, 0) is 24.2 Å². The van der Waals surface area contributed by atoms with E-state index >= 15 is 0 Å². The number of likely N-dealkylation sites (N-methyl/N-ethyl adjacent to an activating group) is 1. The van der Waals surface area contributed by atoms with Crippen molar-refractivity contribution in [3.63, 3.8) is 0 Å². The molecule has 1 aromatic carbocycles. The number of H-pyrrole nitrogens is 1. The van der Waals surface area contributed by atoms with Gasteiger partial charge in [-0.2, -0.15) is 0 Å². The second-order valence-corrected chi connectivity index (χ2v) is 9.07. The molecule has 1 aliphatic heterocycles. The van der Waals surface area contributed by atoms with Crippen LogP contribution in [0.2, 0.25) is 0 Å². The van der Waals surface area contributed by atoms with Gasteiger partial charge < -0.3 is 14.4 Å². The molecule has 11 heteroatoms. The first-order valence-electron chi connectivity index (χ1n) is 12.0. The van der Waals surface area contributed by atoms with E-state index < -0.39 is 0 Å². The highest BCUT2D eigenvalue weighted by Gasteiger charge is 2.28. The highest BCUT2D eigenvalue weighted by molar-refractivity contribution is 5.86. The number of rotatable bonds is 9. The average molecular weight is 537 g/mol. The van der Waals surface area contributed by atoms with Gasteiger partial charge >= 0.3 is 0 Å². The van der Waals surface area contributed by atoms with Gasteiger partial charge in [-0.3, -0.25) is 14.7 Å². The summed E-state index contributed by atoms with van der Waals surface area (Å²) in [4.78, 5) is 34.8. The van der Waals surface area contributed by atoms with Crippen LogP contribution in [0, 0.1) is 0 Å². The van der Waals surface area contributed by atoms with Gasteiger partial charge in [-0.1, -0.05) is 6.92 Å². The van der Waals surface area contributed by atoms with Crippen LogP contribution in [0.5, 0.6) is 5.75 Å². The molecule has 0 amide bonds. The van der Waals surface area contributed by atoms with Crippen LogP contribution in [0.25, 0.3) is 10.9 Å². The van der Waals surface area contributed by atoms with Crippen LogP contribution in [0.1, 0.15) is 48.3 Å². The molecular weight excluding hydrogens is 503 g/mol. The van der Waals surface area contributed by atoms with E-state index in [0.29, 0.717) is 42.5 Å². The van der Waals surface area contributed by atoms with Crippen molar-refractivity contribution >= 4 is 41.7 Å². The molecule has 1 aliphatic carbocycles.